The van der Waals surface area contributed by atoms with Gasteiger partial charge in [-0.1, -0.05) is 22.0 Å². The maximum absolute atomic E-state index is 14.0. The lowest BCUT2D eigenvalue weighted by Crippen LogP contribution is -2.08. The smallest absolute Gasteiger partial charge is 0.162 e. The van der Waals surface area contributed by atoms with E-state index in [1.807, 2.05) is 31.2 Å². The standard InChI is InChI=1S/C16H17BrFNO2/c1-10(13-6-4-11(17)8-14(13)18)19-12-5-7-15(20-2)16(9-12)21-3/h4-10,19H,1-3H3. The summed E-state index contributed by atoms with van der Waals surface area (Å²) in [5.41, 5.74) is 1.44. The number of benzene rings is 2. The van der Waals surface area contributed by atoms with E-state index in [-0.39, 0.29) is 11.9 Å². The minimum absolute atomic E-state index is 0.170. The Morgan fingerprint density at radius 3 is 2.38 bits per heavy atom. The monoisotopic (exact) mass is 353 g/mol. The highest BCUT2D eigenvalue weighted by atomic mass is 79.9. The predicted octanol–water partition coefficient (Wildman–Crippen LogP) is 4.78. The predicted molar refractivity (Wildman–Crippen MR) is 85.7 cm³/mol. The van der Waals surface area contributed by atoms with Crippen LogP contribution in [0.1, 0.15) is 18.5 Å². The summed E-state index contributed by atoms with van der Waals surface area (Å²) in [6.07, 6.45) is 0. The Kier molecular flexibility index (Phi) is 5.07. The SMILES string of the molecule is COc1ccc(NC(C)c2ccc(Br)cc2F)cc1OC. The average molecular weight is 354 g/mol. The molecule has 0 radical (unpaired) electrons. The van der Waals surface area contributed by atoms with Crippen molar-refractivity contribution in [3.63, 3.8) is 0 Å². The van der Waals surface area contributed by atoms with E-state index >= 15 is 0 Å². The van der Waals surface area contributed by atoms with Gasteiger partial charge in [0, 0.05) is 21.8 Å². The molecule has 1 unspecified atom stereocenters. The first kappa shape index (κ1) is 15.6. The van der Waals surface area contributed by atoms with Crippen LogP contribution in [-0.2, 0) is 0 Å². The average Bonchev–Trinajstić information content (AvgIpc) is 2.46. The van der Waals surface area contributed by atoms with Crippen molar-refractivity contribution in [1.29, 1.82) is 0 Å². The second-order valence-electron chi connectivity index (χ2n) is 4.60. The topological polar surface area (TPSA) is 30.5 Å². The molecule has 21 heavy (non-hydrogen) atoms. The van der Waals surface area contributed by atoms with E-state index in [0.29, 0.717) is 17.1 Å². The first-order valence-corrected chi connectivity index (χ1v) is 7.28. The summed E-state index contributed by atoms with van der Waals surface area (Å²) in [4.78, 5) is 0. The molecule has 2 aromatic rings. The van der Waals surface area contributed by atoms with E-state index in [4.69, 9.17) is 9.47 Å². The fourth-order valence-corrected chi connectivity index (χ4v) is 2.44. The molecule has 0 amide bonds. The molecule has 0 aliphatic carbocycles. The fraction of sp³-hybridized carbons (Fsp3) is 0.250. The van der Waals surface area contributed by atoms with E-state index in [2.05, 4.69) is 21.2 Å². The van der Waals surface area contributed by atoms with E-state index < -0.39 is 0 Å². The third kappa shape index (κ3) is 3.67. The van der Waals surface area contributed by atoms with Gasteiger partial charge in [0.05, 0.1) is 20.3 Å². The summed E-state index contributed by atoms with van der Waals surface area (Å²) in [6, 6.07) is 10.4. The van der Waals surface area contributed by atoms with Gasteiger partial charge >= 0.3 is 0 Å². The minimum Gasteiger partial charge on any atom is -0.493 e. The summed E-state index contributed by atoms with van der Waals surface area (Å²) in [6.45, 7) is 1.91. The van der Waals surface area contributed by atoms with Crippen LogP contribution in [0.4, 0.5) is 10.1 Å². The molecule has 0 fully saturated rings. The van der Waals surface area contributed by atoms with E-state index in [9.17, 15) is 4.39 Å². The van der Waals surface area contributed by atoms with Gasteiger partial charge in [0.1, 0.15) is 5.82 Å². The van der Waals surface area contributed by atoms with Gasteiger partial charge in [0.15, 0.2) is 11.5 Å². The van der Waals surface area contributed by atoms with Crippen LogP contribution < -0.4 is 14.8 Å². The molecule has 0 saturated carbocycles. The van der Waals surface area contributed by atoms with Crippen molar-refractivity contribution in [2.75, 3.05) is 19.5 Å². The Labute approximate surface area is 132 Å². The molecule has 3 nitrogen and oxygen atoms in total. The highest BCUT2D eigenvalue weighted by molar-refractivity contribution is 9.10. The lowest BCUT2D eigenvalue weighted by atomic mass is 10.1. The largest absolute Gasteiger partial charge is 0.493 e. The van der Waals surface area contributed by atoms with Crippen molar-refractivity contribution in [2.45, 2.75) is 13.0 Å². The number of nitrogens with one attached hydrogen (secondary N) is 1. The van der Waals surface area contributed by atoms with Gasteiger partial charge in [-0.2, -0.15) is 0 Å². The Morgan fingerprint density at radius 2 is 1.76 bits per heavy atom. The van der Waals surface area contributed by atoms with Gasteiger partial charge in [-0.15, -0.1) is 0 Å². The van der Waals surface area contributed by atoms with Gasteiger partial charge in [0.25, 0.3) is 0 Å². The van der Waals surface area contributed by atoms with Crippen LogP contribution in [0.5, 0.6) is 11.5 Å². The van der Waals surface area contributed by atoms with E-state index in [0.717, 1.165) is 10.2 Å². The van der Waals surface area contributed by atoms with Crippen LogP contribution in [0.2, 0.25) is 0 Å². The molecule has 0 aromatic heterocycles. The van der Waals surface area contributed by atoms with Crippen molar-refractivity contribution in [1.82, 2.24) is 0 Å². The summed E-state index contributed by atoms with van der Waals surface area (Å²) in [5, 5.41) is 3.25. The minimum atomic E-state index is -0.246. The zero-order chi connectivity index (χ0) is 15.4. The van der Waals surface area contributed by atoms with Crippen molar-refractivity contribution in [3.8, 4) is 11.5 Å². The number of halogens is 2. The molecule has 0 saturated heterocycles. The molecule has 0 aliphatic rings. The summed E-state index contributed by atoms with van der Waals surface area (Å²) in [7, 11) is 3.17. The zero-order valence-corrected chi connectivity index (χ0v) is 13.7. The number of methoxy groups -OCH3 is 2. The molecule has 112 valence electrons. The van der Waals surface area contributed by atoms with Gasteiger partial charge in [-0.3, -0.25) is 0 Å². The van der Waals surface area contributed by atoms with Gasteiger partial charge in [-0.05, 0) is 31.2 Å². The fourth-order valence-electron chi connectivity index (χ4n) is 2.11. The van der Waals surface area contributed by atoms with Gasteiger partial charge < -0.3 is 14.8 Å². The molecule has 0 aliphatic heterocycles. The number of rotatable bonds is 5. The summed E-state index contributed by atoms with van der Waals surface area (Å²) >= 11 is 3.26. The molecule has 0 bridgehead atoms. The van der Waals surface area contributed by atoms with Crippen LogP contribution in [0.25, 0.3) is 0 Å². The maximum Gasteiger partial charge on any atom is 0.162 e. The van der Waals surface area contributed by atoms with Crippen molar-refractivity contribution < 1.29 is 13.9 Å². The van der Waals surface area contributed by atoms with E-state index in [1.54, 1.807) is 20.3 Å². The third-order valence-electron chi connectivity index (χ3n) is 3.20. The quantitative estimate of drug-likeness (QED) is 0.838. The van der Waals surface area contributed by atoms with Gasteiger partial charge in [-0.25, -0.2) is 4.39 Å². The molecule has 0 heterocycles. The second-order valence-corrected chi connectivity index (χ2v) is 5.52. The van der Waals surface area contributed by atoms with Crippen LogP contribution in [0, 0.1) is 5.82 Å². The van der Waals surface area contributed by atoms with Crippen molar-refractivity contribution in [3.05, 3.63) is 52.3 Å². The van der Waals surface area contributed by atoms with Crippen LogP contribution >= 0.6 is 15.9 Å². The Morgan fingerprint density at radius 1 is 1.05 bits per heavy atom. The highest BCUT2D eigenvalue weighted by Gasteiger charge is 2.12. The molecule has 5 heteroatoms. The second kappa shape index (κ2) is 6.80. The molecule has 2 rings (SSSR count). The first-order valence-electron chi connectivity index (χ1n) is 6.48. The molecule has 0 spiro atoms. The molecular formula is C16H17BrFNO2. The molecule has 2 aromatic carbocycles. The lowest BCUT2D eigenvalue weighted by molar-refractivity contribution is 0.355. The third-order valence-corrected chi connectivity index (χ3v) is 3.69. The lowest BCUT2D eigenvalue weighted by Gasteiger charge is -2.18. The summed E-state index contributed by atoms with van der Waals surface area (Å²) < 4.78 is 25.1. The molecule has 1 atom stereocenters. The Balaban J connectivity index is 2.21. The molecular weight excluding hydrogens is 337 g/mol. The molecule has 1 N–H and O–H groups in total. The maximum atomic E-state index is 14.0. The van der Waals surface area contributed by atoms with Crippen LogP contribution in [0.15, 0.2) is 40.9 Å². The highest BCUT2D eigenvalue weighted by Crippen LogP contribution is 2.32. The van der Waals surface area contributed by atoms with Crippen LogP contribution in [0.3, 0.4) is 0 Å². The first-order chi connectivity index (χ1) is 10.0. The van der Waals surface area contributed by atoms with Gasteiger partial charge in [0.2, 0.25) is 0 Å². The van der Waals surface area contributed by atoms with Crippen molar-refractivity contribution >= 4 is 21.6 Å². The number of anilines is 1. The number of hydrogen-bond donors (Lipinski definition) is 1. The van der Waals surface area contributed by atoms with E-state index in [1.165, 1.54) is 6.07 Å². The Hall–Kier alpha value is -1.75. The number of ether oxygens (including phenoxy) is 2. The normalized spacial score (nSPS) is 11.9. The number of hydrogen-bond acceptors (Lipinski definition) is 3. The van der Waals surface area contributed by atoms with Crippen LogP contribution in [-0.4, -0.2) is 14.2 Å². The zero-order valence-electron chi connectivity index (χ0n) is 12.1. The Bertz CT molecular complexity index is 634. The summed E-state index contributed by atoms with van der Waals surface area (Å²) in [5.74, 6) is 1.04. The van der Waals surface area contributed by atoms with Crippen molar-refractivity contribution in [2.24, 2.45) is 0 Å².